The van der Waals surface area contributed by atoms with Gasteiger partial charge in [-0.3, -0.25) is 4.79 Å². The van der Waals surface area contributed by atoms with Gasteiger partial charge in [-0.25, -0.2) is 0 Å². The zero-order valence-electron chi connectivity index (χ0n) is 8.98. The van der Waals surface area contributed by atoms with Gasteiger partial charge in [0.15, 0.2) is 0 Å². The number of hydrogen-bond donors (Lipinski definition) is 0. The standard InChI is InChI=1S/C13H16O2/c1-15-13(14)12-9-5-8-11(12)10-6-3-2-4-7-10/h2-4,6-7,11-12H,5,8-9H2,1H3/t11-,12-/m0/s1. The summed E-state index contributed by atoms with van der Waals surface area (Å²) in [7, 11) is 1.47. The van der Waals surface area contributed by atoms with E-state index in [2.05, 4.69) is 12.1 Å². The molecule has 1 aliphatic rings. The first-order valence-corrected chi connectivity index (χ1v) is 5.45. The Bertz CT molecular complexity index is 332. The molecule has 1 fully saturated rings. The molecule has 0 amide bonds. The van der Waals surface area contributed by atoms with Crippen molar-refractivity contribution in [3.05, 3.63) is 35.9 Å². The molecule has 0 aliphatic heterocycles. The van der Waals surface area contributed by atoms with Crippen LogP contribution in [-0.4, -0.2) is 13.1 Å². The molecular formula is C13H16O2. The first-order valence-electron chi connectivity index (χ1n) is 5.45. The quantitative estimate of drug-likeness (QED) is 0.692. The van der Waals surface area contributed by atoms with Crippen LogP contribution >= 0.6 is 0 Å². The van der Waals surface area contributed by atoms with Gasteiger partial charge in [0.05, 0.1) is 13.0 Å². The van der Waals surface area contributed by atoms with Gasteiger partial charge in [0.2, 0.25) is 0 Å². The minimum atomic E-state index is -0.0543. The van der Waals surface area contributed by atoms with E-state index >= 15 is 0 Å². The fourth-order valence-corrected chi connectivity index (χ4v) is 2.49. The summed E-state index contributed by atoms with van der Waals surface area (Å²) < 4.78 is 4.85. The van der Waals surface area contributed by atoms with E-state index in [1.807, 2.05) is 18.2 Å². The first-order chi connectivity index (χ1) is 7.33. The third-order valence-corrected chi connectivity index (χ3v) is 3.25. The highest BCUT2D eigenvalue weighted by atomic mass is 16.5. The second kappa shape index (κ2) is 4.47. The van der Waals surface area contributed by atoms with Crippen molar-refractivity contribution in [3.63, 3.8) is 0 Å². The zero-order valence-corrected chi connectivity index (χ0v) is 8.98. The van der Waals surface area contributed by atoms with Gasteiger partial charge in [-0.2, -0.15) is 0 Å². The van der Waals surface area contributed by atoms with Crippen molar-refractivity contribution in [2.75, 3.05) is 7.11 Å². The topological polar surface area (TPSA) is 26.3 Å². The van der Waals surface area contributed by atoms with Crippen molar-refractivity contribution < 1.29 is 9.53 Å². The largest absolute Gasteiger partial charge is 0.469 e. The highest BCUT2D eigenvalue weighted by Gasteiger charge is 2.34. The van der Waals surface area contributed by atoms with E-state index in [-0.39, 0.29) is 11.9 Å². The monoisotopic (exact) mass is 204 g/mol. The number of carbonyl (C=O) groups excluding carboxylic acids is 1. The summed E-state index contributed by atoms with van der Waals surface area (Å²) in [5.41, 5.74) is 1.27. The maximum absolute atomic E-state index is 11.6. The molecule has 1 aliphatic carbocycles. The van der Waals surface area contributed by atoms with E-state index < -0.39 is 0 Å². The van der Waals surface area contributed by atoms with Gasteiger partial charge >= 0.3 is 5.97 Å². The van der Waals surface area contributed by atoms with Crippen molar-refractivity contribution in [2.45, 2.75) is 25.2 Å². The van der Waals surface area contributed by atoms with Crippen LogP contribution in [0.4, 0.5) is 0 Å². The fraction of sp³-hybridized carbons (Fsp3) is 0.462. The lowest BCUT2D eigenvalue weighted by atomic mass is 9.89. The number of carbonyl (C=O) groups is 1. The Morgan fingerprint density at radius 1 is 1.27 bits per heavy atom. The molecular weight excluding hydrogens is 188 g/mol. The summed E-state index contributed by atoms with van der Waals surface area (Å²) in [5, 5.41) is 0. The van der Waals surface area contributed by atoms with Crippen LogP contribution in [0, 0.1) is 5.92 Å². The molecule has 0 N–H and O–H groups in total. The maximum Gasteiger partial charge on any atom is 0.309 e. The number of esters is 1. The molecule has 0 spiro atoms. The number of ether oxygens (including phenoxy) is 1. The lowest BCUT2D eigenvalue weighted by molar-refractivity contribution is -0.145. The first kappa shape index (κ1) is 10.2. The van der Waals surface area contributed by atoms with Crippen molar-refractivity contribution in [2.24, 2.45) is 5.92 Å². The molecule has 0 bridgehead atoms. The van der Waals surface area contributed by atoms with Gasteiger partial charge in [0.1, 0.15) is 0 Å². The molecule has 1 aromatic rings. The van der Waals surface area contributed by atoms with E-state index in [1.54, 1.807) is 0 Å². The van der Waals surface area contributed by atoms with Crippen LogP contribution < -0.4 is 0 Å². The normalized spacial score (nSPS) is 25.1. The molecule has 0 unspecified atom stereocenters. The predicted molar refractivity (Wildman–Crippen MR) is 58.5 cm³/mol. The van der Waals surface area contributed by atoms with Gasteiger partial charge in [0, 0.05) is 0 Å². The van der Waals surface area contributed by atoms with E-state index in [0.717, 1.165) is 19.3 Å². The highest BCUT2D eigenvalue weighted by Crippen LogP contribution is 2.39. The molecule has 15 heavy (non-hydrogen) atoms. The average Bonchev–Trinajstić information content (AvgIpc) is 2.78. The fourth-order valence-electron chi connectivity index (χ4n) is 2.49. The van der Waals surface area contributed by atoms with Gasteiger partial charge in [0.25, 0.3) is 0 Å². The lowest BCUT2D eigenvalue weighted by Gasteiger charge is -2.17. The molecule has 2 nitrogen and oxygen atoms in total. The predicted octanol–water partition coefficient (Wildman–Crippen LogP) is 2.74. The third kappa shape index (κ3) is 2.04. The average molecular weight is 204 g/mol. The Morgan fingerprint density at radius 3 is 2.67 bits per heavy atom. The van der Waals surface area contributed by atoms with Crippen LogP contribution in [0.5, 0.6) is 0 Å². The summed E-state index contributed by atoms with van der Waals surface area (Å²) in [6.07, 6.45) is 3.19. The molecule has 0 saturated heterocycles. The van der Waals surface area contributed by atoms with E-state index in [4.69, 9.17) is 4.74 Å². The third-order valence-electron chi connectivity index (χ3n) is 3.25. The molecule has 0 aromatic heterocycles. The Labute approximate surface area is 90.3 Å². The van der Waals surface area contributed by atoms with Crippen molar-refractivity contribution >= 4 is 5.97 Å². The Kier molecular flexibility index (Phi) is 3.05. The van der Waals surface area contributed by atoms with Crippen LogP contribution in [0.15, 0.2) is 30.3 Å². The molecule has 80 valence electrons. The molecule has 2 heteroatoms. The second-order valence-electron chi connectivity index (χ2n) is 4.08. The van der Waals surface area contributed by atoms with E-state index in [0.29, 0.717) is 5.92 Å². The minimum absolute atomic E-state index is 0.0543. The SMILES string of the molecule is COC(=O)[C@H]1CCC[C@H]1c1ccccc1. The van der Waals surface area contributed by atoms with Crippen LogP contribution in [0.2, 0.25) is 0 Å². The van der Waals surface area contributed by atoms with Gasteiger partial charge in [-0.15, -0.1) is 0 Å². The molecule has 2 atom stereocenters. The smallest absolute Gasteiger partial charge is 0.309 e. The minimum Gasteiger partial charge on any atom is -0.469 e. The van der Waals surface area contributed by atoms with Gasteiger partial charge < -0.3 is 4.74 Å². The Hall–Kier alpha value is -1.31. The van der Waals surface area contributed by atoms with Crippen LogP contribution in [0.1, 0.15) is 30.7 Å². The van der Waals surface area contributed by atoms with Crippen LogP contribution in [0.3, 0.4) is 0 Å². The van der Waals surface area contributed by atoms with Crippen molar-refractivity contribution in [1.82, 2.24) is 0 Å². The maximum atomic E-state index is 11.6. The van der Waals surface area contributed by atoms with E-state index in [9.17, 15) is 4.79 Å². The number of hydrogen-bond acceptors (Lipinski definition) is 2. The Balaban J connectivity index is 2.18. The van der Waals surface area contributed by atoms with Crippen LogP contribution in [0.25, 0.3) is 0 Å². The molecule has 2 rings (SSSR count). The van der Waals surface area contributed by atoms with Gasteiger partial charge in [-0.1, -0.05) is 36.8 Å². The van der Waals surface area contributed by atoms with Gasteiger partial charge in [-0.05, 0) is 24.3 Å². The lowest BCUT2D eigenvalue weighted by Crippen LogP contribution is -2.18. The van der Waals surface area contributed by atoms with E-state index in [1.165, 1.54) is 12.7 Å². The molecule has 0 radical (unpaired) electrons. The number of methoxy groups -OCH3 is 1. The number of rotatable bonds is 2. The number of benzene rings is 1. The second-order valence-corrected chi connectivity index (χ2v) is 4.08. The van der Waals surface area contributed by atoms with Crippen molar-refractivity contribution in [1.29, 1.82) is 0 Å². The van der Waals surface area contributed by atoms with Crippen molar-refractivity contribution in [3.8, 4) is 0 Å². The zero-order chi connectivity index (χ0) is 10.7. The van der Waals surface area contributed by atoms with Crippen LogP contribution in [-0.2, 0) is 9.53 Å². The summed E-state index contributed by atoms with van der Waals surface area (Å²) in [6, 6.07) is 10.3. The molecule has 1 saturated carbocycles. The summed E-state index contributed by atoms with van der Waals surface area (Å²) in [5.74, 6) is 0.373. The molecule has 1 aromatic carbocycles. The highest BCUT2D eigenvalue weighted by molar-refractivity contribution is 5.74. The summed E-state index contributed by atoms with van der Waals surface area (Å²) in [6.45, 7) is 0. The Morgan fingerprint density at radius 2 is 2.00 bits per heavy atom. The summed E-state index contributed by atoms with van der Waals surface area (Å²) in [4.78, 5) is 11.6. The summed E-state index contributed by atoms with van der Waals surface area (Å²) >= 11 is 0. The molecule has 0 heterocycles.